The van der Waals surface area contributed by atoms with E-state index in [2.05, 4.69) is 10.3 Å². The van der Waals surface area contributed by atoms with Gasteiger partial charge in [0.1, 0.15) is 5.82 Å². The number of nitrogens with one attached hydrogen (secondary N) is 1. The fraction of sp³-hybridized carbons (Fsp3) is 0.200. The Morgan fingerprint density at radius 3 is 2.58 bits per heavy atom. The van der Waals surface area contributed by atoms with Crippen molar-refractivity contribution < 1.29 is 4.79 Å². The molecule has 0 bridgehead atoms. The molecule has 0 unspecified atom stereocenters. The molecule has 1 aromatic carbocycles. The van der Waals surface area contributed by atoms with Gasteiger partial charge in [0, 0.05) is 11.4 Å². The molecule has 4 heteroatoms. The van der Waals surface area contributed by atoms with Crippen molar-refractivity contribution in [1.29, 1.82) is 0 Å². The number of rotatable bonds is 2. The minimum atomic E-state index is -0.229. The summed E-state index contributed by atoms with van der Waals surface area (Å²) >= 11 is 0. The summed E-state index contributed by atoms with van der Waals surface area (Å²) in [6.07, 6.45) is 0. The van der Waals surface area contributed by atoms with Gasteiger partial charge in [0.2, 0.25) is 0 Å². The summed E-state index contributed by atoms with van der Waals surface area (Å²) in [5.74, 6) is 0.318. The van der Waals surface area contributed by atoms with Crippen molar-refractivity contribution >= 4 is 17.4 Å². The number of hydrogen-bond acceptors (Lipinski definition) is 3. The monoisotopic (exact) mass is 255 g/mol. The lowest BCUT2D eigenvalue weighted by molar-refractivity contribution is 0.102. The van der Waals surface area contributed by atoms with E-state index in [-0.39, 0.29) is 5.91 Å². The summed E-state index contributed by atoms with van der Waals surface area (Å²) in [5, 5.41) is 2.79. The van der Waals surface area contributed by atoms with Gasteiger partial charge in [-0.2, -0.15) is 0 Å². The molecule has 0 spiro atoms. The predicted octanol–water partition coefficient (Wildman–Crippen LogP) is 2.84. The minimum Gasteiger partial charge on any atom is -0.398 e. The zero-order valence-corrected chi connectivity index (χ0v) is 11.3. The van der Waals surface area contributed by atoms with Gasteiger partial charge in [-0.05, 0) is 50.1 Å². The van der Waals surface area contributed by atoms with Gasteiger partial charge in [-0.1, -0.05) is 12.1 Å². The SMILES string of the molecule is Cc1cc(C)nc(NC(=O)c2c(C)cccc2N)c1. The Bertz CT molecular complexity index is 595. The second kappa shape index (κ2) is 5.10. The van der Waals surface area contributed by atoms with Gasteiger partial charge in [-0.3, -0.25) is 4.79 Å². The third-order valence-corrected chi connectivity index (χ3v) is 2.87. The average molecular weight is 255 g/mol. The number of nitrogens with two attached hydrogens (primary N) is 1. The molecule has 0 aliphatic rings. The van der Waals surface area contributed by atoms with Crippen LogP contribution in [0.5, 0.6) is 0 Å². The van der Waals surface area contributed by atoms with Crippen molar-refractivity contribution in [3.63, 3.8) is 0 Å². The third-order valence-electron chi connectivity index (χ3n) is 2.87. The number of anilines is 2. The molecular formula is C15H17N3O. The average Bonchev–Trinajstić information content (AvgIpc) is 2.26. The lowest BCUT2D eigenvalue weighted by atomic mass is 10.1. The highest BCUT2D eigenvalue weighted by atomic mass is 16.1. The highest BCUT2D eigenvalue weighted by molar-refractivity contribution is 6.08. The molecule has 4 nitrogen and oxygen atoms in total. The first-order valence-electron chi connectivity index (χ1n) is 6.09. The number of carbonyl (C=O) groups is 1. The maximum absolute atomic E-state index is 12.2. The molecule has 0 aliphatic carbocycles. The fourth-order valence-electron chi connectivity index (χ4n) is 2.08. The zero-order chi connectivity index (χ0) is 14.0. The van der Waals surface area contributed by atoms with E-state index < -0.39 is 0 Å². The summed E-state index contributed by atoms with van der Waals surface area (Å²) in [6, 6.07) is 9.20. The molecule has 0 atom stereocenters. The second-order valence-corrected chi connectivity index (χ2v) is 4.66. The van der Waals surface area contributed by atoms with Crippen LogP contribution in [0.3, 0.4) is 0 Å². The molecule has 1 aromatic heterocycles. The van der Waals surface area contributed by atoms with Gasteiger partial charge in [-0.25, -0.2) is 4.98 Å². The highest BCUT2D eigenvalue weighted by Crippen LogP contribution is 2.18. The Hall–Kier alpha value is -2.36. The molecule has 1 amide bonds. The number of carbonyl (C=O) groups excluding carboxylic acids is 1. The van der Waals surface area contributed by atoms with E-state index in [1.165, 1.54) is 0 Å². The summed E-state index contributed by atoms with van der Waals surface area (Å²) in [5.41, 5.74) is 9.61. The number of pyridine rings is 1. The quantitative estimate of drug-likeness (QED) is 0.811. The van der Waals surface area contributed by atoms with E-state index in [1.54, 1.807) is 6.07 Å². The molecule has 2 aromatic rings. The van der Waals surface area contributed by atoms with Gasteiger partial charge >= 0.3 is 0 Å². The number of nitrogens with zero attached hydrogens (tertiary/aromatic N) is 1. The van der Waals surface area contributed by atoms with Gasteiger partial charge in [0.05, 0.1) is 5.56 Å². The zero-order valence-electron chi connectivity index (χ0n) is 11.3. The molecule has 98 valence electrons. The third kappa shape index (κ3) is 2.91. The number of aryl methyl sites for hydroxylation is 3. The van der Waals surface area contributed by atoms with Crippen molar-refractivity contribution in [1.82, 2.24) is 4.98 Å². The molecular weight excluding hydrogens is 238 g/mol. The van der Waals surface area contributed by atoms with Crippen LogP contribution in [0.15, 0.2) is 30.3 Å². The smallest absolute Gasteiger partial charge is 0.259 e. The van der Waals surface area contributed by atoms with E-state index in [4.69, 9.17) is 5.73 Å². The van der Waals surface area contributed by atoms with Crippen LogP contribution in [0.4, 0.5) is 11.5 Å². The van der Waals surface area contributed by atoms with E-state index in [9.17, 15) is 4.79 Å². The highest BCUT2D eigenvalue weighted by Gasteiger charge is 2.13. The van der Waals surface area contributed by atoms with Crippen molar-refractivity contribution in [2.45, 2.75) is 20.8 Å². The molecule has 0 radical (unpaired) electrons. The van der Waals surface area contributed by atoms with Crippen LogP contribution in [-0.4, -0.2) is 10.9 Å². The molecule has 1 heterocycles. The van der Waals surface area contributed by atoms with Crippen LogP contribution in [0, 0.1) is 20.8 Å². The molecule has 0 saturated carbocycles. The molecule has 19 heavy (non-hydrogen) atoms. The lowest BCUT2D eigenvalue weighted by Gasteiger charge is -2.10. The Balaban J connectivity index is 2.31. The normalized spacial score (nSPS) is 10.3. The van der Waals surface area contributed by atoms with Crippen molar-refractivity contribution in [3.8, 4) is 0 Å². The number of amides is 1. The molecule has 0 saturated heterocycles. The van der Waals surface area contributed by atoms with Crippen LogP contribution in [-0.2, 0) is 0 Å². The molecule has 0 aliphatic heterocycles. The summed E-state index contributed by atoms with van der Waals surface area (Å²) in [4.78, 5) is 16.5. The summed E-state index contributed by atoms with van der Waals surface area (Å²) in [7, 11) is 0. The van der Waals surface area contributed by atoms with E-state index in [0.29, 0.717) is 17.1 Å². The number of aromatic nitrogens is 1. The predicted molar refractivity (Wildman–Crippen MR) is 77.3 cm³/mol. The van der Waals surface area contributed by atoms with Gasteiger partial charge in [-0.15, -0.1) is 0 Å². The fourth-order valence-corrected chi connectivity index (χ4v) is 2.08. The Kier molecular flexibility index (Phi) is 3.51. The Morgan fingerprint density at radius 1 is 1.21 bits per heavy atom. The maximum Gasteiger partial charge on any atom is 0.259 e. The van der Waals surface area contributed by atoms with Crippen LogP contribution in [0.1, 0.15) is 27.2 Å². The molecule has 0 fully saturated rings. The largest absolute Gasteiger partial charge is 0.398 e. The number of benzene rings is 1. The number of hydrogen-bond donors (Lipinski definition) is 2. The standard InChI is InChI=1S/C15H17N3O/c1-9-7-11(3)17-13(8-9)18-15(19)14-10(2)5-4-6-12(14)16/h4-8H,16H2,1-3H3,(H,17,18,19). The van der Waals surface area contributed by atoms with Gasteiger partial charge in [0.15, 0.2) is 0 Å². The first-order valence-corrected chi connectivity index (χ1v) is 6.09. The van der Waals surface area contributed by atoms with Gasteiger partial charge < -0.3 is 11.1 Å². The van der Waals surface area contributed by atoms with E-state index >= 15 is 0 Å². The topological polar surface area (TPSA) is 68.0 Å². The van der Waals surface area contributed by atoms with Gasteiger partial charge in [0.25, 0.3) is 5.91 Å². The van der Waals surface area contributed by atoms with Crippen LogP contribution in [0.25, 0.3) is 0 Å². The second-order valence-electron chi connectivity index (χ2n) is 4.66. The van der Waals surface area contributed by atoms with Crippen molar-refractivity contribution in [3.05, 3.63) is 52.7 Å². The summed E-state index contributed by atoms with van der Waals surface area (Å²) in [6.45, 7) is 5.72. The Labute approximate surface area is 112 Å². The van der Waals surface area contributed by atoms with Crippen LogP contribution in [0.2, 0.25) is 0 Å². The van der Waals surface area contributed by atoms with Crippen LogP contribution < -0.4 is 11.1 Å². The van der Waals surface area contributed by atoms with E-state index in [0.717, 1.165) is 16.8 Å². The summed E-state index contributed by atoms with van der Waals surface area (Å²) < 4.78 is 0. The van der Waals surface area contributed by atoms with Crippen molar-refractivity contribution in [2.24, 2.45) is 0 Å². The first-order chi connectivity index (χ1) is 8.97. The lowest BCUT2D eigenvalue weighted by Crippen LogP contribution is -2.16. The Morgan fingerprint density at radius 2 is 1.95 bits per heavy atom. The first kappa shape index (κ1) is 13.1. The molecule has 2 rings (SSSR count). The maximum atomic E-state index is 12.2. The molecule has 3 N–H and O–H groups in total. The van der Waals surface area contributed by atoms with E-state index in [1.807, 2.05) is 45.0 Å². The number of nitrogen functional groups attached to an aromatic ring is 1. The minimum absolute atomic E-state index is 0.229. The van der Waals surface area contributed by atoms with Crippen LogP contribution >= 0.6 is 0 Å². The van der Waals surface area contributed by atoms with Crippen molar-refractivity contribution in [2.75, 3.05) is 11.1 Å².